The third-order valence-electron chi connectivity index (χ3n) is 4.90. The van der Waals surface area contributed by atoms with Gasteiger partial charge in [0.2, 0.25) is 5.91 Å². The van der Waals surface area contributed by atoms with Crippen LogP contribution in [0.3, 0.4) is 0 Å². The van der Waals surface area contributed by atoms with E-state index in [0.29, 0.717) is 18.0 Å². The smallest absolute Gasteiger partial charge is 0.336 e. The highest BCUT2D eigenvalue weighted by molar-refractivity contribution is 5.81. The summed E-state index contributed by atoms with van der Waals surface area (Å²) in [5.41, 5.74) is 7.92. The molecule has 5 heteroatoms. The van der Waals surface area contributed by atoms with Crippen LogP contribution in [0.5, 0.6) is 0 Å². The van der Waals surface area contributed by atoms with Crippen LogP contribution >= 0.6 is 0 Å². The van der Waals surface area contributed by atoms with Crippen LogP contribution in [0.25, 0.3) is 11.0 Å². The molecular weight excluding hydrogens is 304 g/mol. The standard InChI is InChI=1S/C19H24N2O3/c1-12(2)14-3-4-17-16(9-14)15(10-18(22)24-17)11-21-7-5-13(6-8-21)19(20)23/h3-4,9-10,12-13H,5-8,11H2,1-2H3,(H2,20,23). The molecule has 3 rings (SSSR count). The number of benzene rings is 1. The molecule has 1 fully saturated rings. The van der Waals surface area contributed by atoms with E-state index in [-0.39, 0.29) is 17.5 Å². The number of piperidine rings is 1. The number of nitrogens with zero attached hydrogens (tertiary/aromatic N) is 1. The van der Waals surface area contributed by atoms with Crippen molar-refractivity contribution in [3.05, 3.63) is 45.8 Å². The van der Waals surface area contributed by atoms with Gasteiger partial charge in [0.05, 0.1) is 0 Å². The predicted octanol–water partition coefficient (Wildman–Crippen LogP) is 2.61. The molecule has 0 aliphatic carbocycles. The van der Waals surface area contributed by atoms with Gasteiger partial charge in [-0.1, -0.05) is 19.9 Å². The summed E-state index contributed by atoms with van der Waals surface area (Å²) < 4.78 is 5.34. The fourth-order valence-corrected chi connectivity index (χ4v) is 3.35. The molecule has 2 N–H and O–H groups in total. The van der Waals surface area contributed by atoms with Gasteiger partial charge in [-0.15, -0.1) is 0 Å². The molecule has 0 unspecified atom stereocenters. The third kappa shape index (κ3) is 3.51. The van der Waals surface area contributed by atoms with Gasteiger partial charge >= 0.3 is 5.63 Å². The van der Waals surface area contributed by atoms with Crippen molar-refractivity contribution in [1.29, 1.82) is 0 Å². The Bertz CT molecular complexity index is 802. The number of primary amides is 1. The molecule has 0 saturated carbocycles. The number of fused-ring (bicyclic) bond motifs is 1. The van der Waals surface area contributed by atoms with E-state index in [1.54, 1.807) is 6.07 Å². The SMILES string of the molecule is CC(C)c1ccc2oc(=O)cc(CN3CCC(C(N)=O)CC3)c2c1. The quantitative estimate of drug-likeness (QED) is 0.875. The maximum absolute atomic E-state index is 11.9. The molecule has 1 amide bonds. The first kappa shape index (κ1) is 16.7. The number of rotatable bonds is 4. The number of hydrogen-bond donors (Lipinski definition) is 1. The first-order valence-corrected chi connectivity index (χ1v) is 8.52. The van der Waals surface area contributed by atoms with Crippen LogP contribution in [0.2, 0.25) is 0 Å². The summed E-state index contributed by atoms with van der Waals surface area (Å²) in [6, 6.07) is 7.61. The van der Waals surface area contributed by atoms with E-state index in [1.807, 2.05) is 12.1 Å². The summed E-state index contributed by atoms with van der Waals surface area (Å²) in [7, 11) is 0. The maximum Gasteiger partial charge on any atom is 0.336 e. The molecule has 2 heterocycles. The van der Waals surface area contributed by atoms with E-state index in [1.165, 1.54) is 5.56 Å². The zero-order valence-electron chi connectivity index (χ0n) is 14.2. The van der Waals surface area contributed by atoms with Crippen LogP contribution in [-0.2, 0) is 11.3 Å². The number of carbonyl (C=O) groups excluding carboxylic acids is 1. The molecule has 1 aromatic heterocycles. The topological polar surface area (TPSA) is 76.5 Å². The lowest BCUT2D eigenvalue weighted by Crippen LogP contribution is -2.38. The molecule has 1 aliphatic heterocycles. The third-order valence-corrected chi connectivity index (χ3v) is 4.90. The van der Waals surface area contributed by atoms with Gasteiger partial charge in [-0.25, -0.2) is 4.79 Å². The summed E-state index contributed by atoms with van der Waals surface area (Å²) in [5.74, 6) is 0.189. The number of likely N-dealkylation sites (tertiary alicyclic amines) is 1. The Kier molecular flexibility index (Phi) is 4.71. The largest absolute Gasteiger partial charge is 0.423 e. The number of hydrogen-bond acceptors (Lipinski definition) is 4. The van der Waals surface area contributed by atoms with Crippen molar-refractivity contribution in [3.63, 3.8) is 0 Å². The molecular formula is C19H24N2O3. The molecule has 5 nitrogen and oxygen atoms in total. The second-order valence-electron chi connectivity index (χ2n) is 6.95. The minimum atomic E-state index is -0.318. The van der Waals surface area contributed by atoms with Crippen LogP contribution in [0.15, 0.2) is 33.5 Å². The second-order valence-corrected chi connectivity index (χ2v) is 6.95. The highest BCUT2D eigenvalue weighted by Gasteiger charge is 2.23. The zero-order valence-corrected chi connectivity index (χ0v) is 14.2. The van der Waals surface area contributed by atoms with Gasteiger partial charge in [0.25, 0.3) is 0 Å². The molecule has 1 aliphatic rings. The van der Waals surface area contributed by atoms with Gasteiger partial charge in [-0.2, -0.15) is 0 Å². The lowest BCUT2D eigenvalue weighted by Gasteiger charge is -2.30. The molecule has 0 bridgehead atoms. The summed E-state index contributed by atoms with van der Waals surface area (Å²) in [4.78, 5) is 25.4. The number of carbonyl (C=O) groups is 1. The Hall–Kier alpha value is -2.14. The van der Waals surface area contributed by atoms with Crippen molar-refractivity contribution in [2.75, 3.05) is 13.1 Å². The Morgan fingerprint density at radius 2 is 2.00 bits per heavy atom. The Labute approximate surface area is 141 Å². The van der Waals surface area contributed by atoms with E-state index in [4.69, 9.17) is 10.2 Å². The average molecular weight is 328 g/mol. The molecule has 24 heavy (non-hydrogen) atoms. The van der Waals surface area contributed by atoms with Crippen molar-refractivity contribution < 1.29 is 9.21 Å². The minimum absolute atomic E-state index is 0.0219. The van der Waals surface area contributed by atoms with Gasteiger partial charge in [0, 0.05) is 23.9 Å². The number of amides is 1. The van der Waals surface area contributed by atoms with E-state index in [9.17, 15) is 9.59 Å². The monoisotopic (exact) mass is 328 g/mol. The van der Waals surface area contributed by atoms with Gasteiger partial charge < -0.3 is 10.2 Å². The van der Waals surface area contributed by atoms with Crippen LogP contribution in [-0.4, -0.2) is 23.9 Å². The highest BCUT2D eigenvalue weighted by atomic mass is 16.4. The lowest BCUT2D eigenvalue weighted by molar-refractivity contribution is -0.123. The first-order chi connectivity index (χ1) is 11.4. The Balaban J connectivity index is 1.87. The normalized spacial score (nSPS) is 16.8. The second kappa shape index (κ2) is 6.77. The van der Waals surface area contributed by atoms with Crippen molar-refractivity contribution in [1.82, 2.24) is 4.90 Å². The van der Waals surface area contributed by atoms with Crippen LogP contribution in [0.1, 0.15) is 43.7 Å². The predicted molar refractivity (Wildman–Crippen MR) is 93.8 cm³/mol. The Morgan fingerprint density at radius 1 is 1.29 bits per heavy atom. The fraction of sp³-hybridized carbons (Fsp3) is 0.474. The van der Waals surface area contributed by atoms with Crippen molar-refractivity contribution in [2.24, 2.45) is 11.7 Å². The van der Waals surface area contributed by atoms with Crippen molar-refractivity contribution >= 4 is 16.9 Å². The molecule has 0 spiro atoms. The van der Waals surface area contributed by atoms with Crippen molar-refractivity contribution in [3.8, 4) is 0 Å². The molecule has 0 radical (unpaired) electrons. The van der Waals surface area contributed by atoms with E-state index >= 15 is 0 Å². The molecule has 1 aromatic carbocycles. The minimum Gasteiger partial charge on any atom is -0.423 e. The fourth-order valence-electron chi connectivity index (χ4n) is 3.35. The van der Waals surface area contributed by atoms with Crippen LogP contribution in [0.4, 0.5) is 0 Å². The van der Waals surface area contributed by atoms with Crippen molar-refractivity contribution in [2.45, 2.75) is 39.2 Å². The molecule has 1 saturated heterocycles. The molecule has 0 atom stereocenters. The molecule has 2 aromatic rings. The molecule has 128 valence electrons. The van der Waals surface area contributed by atoms with Crippen LogP contribution < -0.4 is 11.4 Å². The zero-order chi connectivity index (χ0) is 17.3. The summed E-state index contributed by atoms with van der Waals surface area (Å²) in [6.45, 7) is 6.62. The lowest BCUT2D eigenvalue weighted by atomic mass is 9.95. The number of nitrogens with two attached hydrogens (primary N) is 1. The first-order valence-electron chi connectivity index (χ1n) is 8.52. The van der Waals surface area contributed by atoms with Gasteiger partial charge in [-0.05, 0) is 55.1 Å². The maximum atomic E-state index is 11.9. The Morgan fingerprint density at radius 3 is 2.62 bits per heavy atom. The van der Waals surface area contributed by atoms with Crippen LogP contribution in [0, 0.1) is 5.92 Å². The summed E-state index contributed by atoms with van der Waals surface area (Å²) in [5, 5.41) is 0.998. The van der Waals surface area contributed by atoms with Gasteiger partial charge in [0.15, 0.2) is 0 Å². The average Bonchev–Trinajstić information content (AvgIpc) is 2.54. The van der Waals surface area contributed by atoms with E-state index < -0.39 is 0 Å². The van der Waals surface area contributed by atoms with Gasteiger partial charge in [-0.3, -0.25) is 9.69 Å². The highest BCUT2D eigenvalue weighted by Crippen LogP contribution is 2.25. The summed E-state index contributed by atoms with van der Waals surface area (Å²) >= 11 is 0. The summed E-state index contributed by atoms with van der Waals surface area (Å²) in [6.07, 6.45) is 1.57. The van der Waals surface area contributed by atoms with E-state index in [2.05, 4.69) is 24.8 Å². The van der Waals surface area contributed by atoms with Gasteiger partial charge in [0.1, 0.15) is 5.58 Å². The van der Waals surface area contributed by atoms with E-state index in [0.717, 1.165) is 36.9 Å².